The molecule has 0 aliphatic rings. The van der Waals surface area contributed by atoms with E-state index >= 15 is 0 Å². The molecule has 0 radical (unpaired) electrons. The minimum Gasteiger partial charge on any atom is -0.493 e. The minimum absolute atomic E-state index is 0.00893. The van der Waals surface area contributed by atoms with E-state index in [2.05, 4.69) is 5.32 Å². The number of nitrogens with one attached hydrogen (secondary N) is 1. The molecule has 0 saturated heterocycles. The molecule has 1 atom stereocenters. The Morgan fingerprint density at radius 2 is 1.92 bits per heavy atom. The van der Waals surface area contributed by atoms with Crippen LogP contribution in [0.25, 0.3) is 0 Å². The summed E-state index contributed by atoms with van der Waals surface area (Å²) in [4.78, 5) is 12.0. The van der Waals surface area contributed by atoms with Crippen LogP contribution in [0.3, 0.4) is 0 Å². The smallest absolute Gasteiger partial charge is 0.252 e. The van der Waals surface area contributed by atoms with E-state index in [1.54, 1.807) is 24.3 Å². The molecule has 0 spiro atoms. The third kappa shape index (κ3) is 5.03. The van der Waals surface area contributed by atoms with Crippen molar-refractivity contribution in [1.82, 2.24) is 5.32 Å². The van der Waals surface area contributed by atoms with Gasteiger partial charge in [-0.3, -0.25) is 4.79 Å². The molecule has 2 rings (SSSR count). The van der Waals surface area contributed by atoms with Crippen molar-refractivity contribution in [3.8, 4) is 11.5 Å². The predicted octanol–water partition coefficient (Wildman–Crippen LogP) is 3.17. The van der Waals surface area contributed by atoms with Gasteiger partial charge in [0.05, 0.1) is 17.7 Å². The summed E-state index contributed by atoms with van der Waals surface area (Å²) in [5, 5.41) is 13.2. The van der Waals surface area contributed by atoms with Crippen molar-refractivity contribution in [2.45, 2.75) is 6.10 Å². The Labute approximate surface area is 150 Å². The molecule has 0 aliphatic heterocycles. The summed E-state index contributed by atoms with van der Waals surface area (Å²) in [6.07, 6.45) is -0.884. The topological polar surface area (TPSA) is 67.8 Å². The van der Waals surface area contributed by atoms with Crippen LogP contribution in [0.4, 0.5) is 0 Å². The lowest BCUT2D eigenvalue weighted by molar-refractivity contribution is 0.0839. The van der Waals surface area contributed by atoms with E-state index in [0.717, 1.165) is 0 Å². The first-order valence-electron chi connectivity index (χ1n) is 7.18. The monoisotopic (exact) mass is 369 g/mol. The quantitative estimate of drug-likeness (QED) is 0.786. The standard InChI is InChI=1S/C17H17Cl2NO4/c1-23-15-4-2-3-5-16(15)24-10-12(21)9-20-17(22)13-7-6-11(18)8-14(13)19/h2-8,12,21H,9-10H2,1H3,(H,20,22). The zero-order valence-corrected chi connectivity index (χ0v) is 14.5. The van der Waals surface area contributed by atoms with Gasteiger partial charge in [-0.25, -0.2) is 0 Å². The van der Waals surface area contributed by atoms with Crippen molar-refractivity contribution >= 4 is 29.1 Å². The zero-order valence-electron chi connectivity index (χ0n) is 13.0. The molecular formula is C17H17Cl2NO4. The lowest BCUT2D eigenvalue weighted by Gasteiger charge is -2.15. The summed E-state index contributed by atoms with van der Waals surface area (Å²) in [7, 11) is 1.54. The minimum atomic E-state index is -0.884. The molecule has 0 bridgehead atoms. The molecule has 128 valence electrons. The van der Waals surface area contributed by atoms with Crippen LogP contribution in [0.5, 0.6) is 11.5 Å². The Balaban J connectivity index is 1.84. The summed E-state index contributed by atoms with van der Waals surface area (Å²) >= 11 is 11.8. The van der Waals surface area contributed by atoms with E-state index in [9.17, 15) is 9.90 Å². The van der Waals surface area contributed by atoms with E-state index in [4.69, 9.17) is 32.7 Å². The number of para-hydroxylation sites is 2. The maximum atomic E-state index is 12.0. The van der Waals surface area contributed by atoms with Crippen molar-refractivity contribution in [3.63, 3.8) is 0 Å². The lowest BCUT2D eigenvalue weighted by Crippen LogP contribution is -2.35. The second-order valence-electron chi connectivity index (χ2n) is 4.95. The van der Waals surface area contributed by atoms with Crippen molar-refractivity contribution in [1.29, 1.82) is 0 Å². The highest BCUT2D eigenvalue weighted by atomic mass is 35.5. The van der Waals surface area contributed by atoms with Crippen LogP contribution in [-0.2, 0) is 0 Å². The Morgan fingerprint density at radius 3 is 2.58 bits per heavy atom. The number of halogens is 2. The molecule has 7 heteroatoms. The Kier molecular flexibility index (Phi) is 6.73. The number of hydrogen-bond donors (Lipinski definition) is 2. The largest absolute Gasteiger partial charge is 0.493 e. The normalized spacial score (nSPS) is 11.7. The fourth-order valence-corrected chi connectivity index (χ4v) is 2.46. The van der Waals surface area contributed by atoms with Gasteiger partial charge in [0.25, 0.3) is 5.91 Å². The van der Waals surface area contributed by atoms with Gasteiger partial charge in [0, 0.05) is 11.6 Å². The molecule has 0 heterocycles. The van der Waals surface area contributed by atoms with Crippen LogP contribution in [-0.4, -0.2) is 37.4 Å². The summed E-state index contributed by atoms with van der Waals surface area (Å²) < 4.78 is 10.7. The van der Waals surface area contributed by atoms with Gasteiger partial charge in [0.2, 0.25) is 0 Å². The number of ether oxygens (including phenoxy) is 2. The van der Waals surface area contributed by atoms with Gasteiger partial charge in [0.15, 0.2) is 11.5 Å². The third-order valence-electron chi connectivity index (χ3n) is 3.17. The van der Waals surface area contributed by atoms with Crippen LogP contribution in [0, 0.1) is 0 Å². The number of hydrogen-bond acceptors (Lipinski definition) is 4. The molecule has 0 fully saturated rings. The molecule has 0 aromatic heterocycles. The van der Waals surface area contributed by atoms with Crippen LogP contribution in [0.2, 0.25) is 10.0 Å². The first kappa shape index (κ1) is 18.4. The van der Waals surface area contributed by atoms with Gasteiger partial charge in [-0.15, -0.1) is 0 Å². The fourth-order valence-electron chi connectivity index (χ4n) is 1.96. The molecular weight excluding hydrogens is 353 g/mol. The summed E-state index contributed by atoms with van der Waals surface area (Å²) in [5.74, 6) is 0.695. The average molecular weight is 370 g/mol. The van der Waals surface area contributed by atoms with Crippen molar-refractivity contribution in [3.05, 3.63) is 58.1 Å². The molecule has 2 aromatic rings. The van der Waals surface area contributed by atoms with E-state index in [-0.39, 0.29) is 18.2 Å². The highest BCUT2D eigenvalue weighted by molar-refractivity contribution is 6.36. The van der Waals surface area contributed by atoms with Gasteiger partial charge >= 0.3 is 0 Å². The van der Waals surface area contributed by atoms with Gasteiger partial charge < -0.3 is 19.9 Å². The number of methoxy groups -OCH3 is 1. The second kappa shape index (κ2) is 8.78. The van der Waals surface area contributed by atoms with E-state index in [1.165, 1.54) is 19.2 Å². The van der Waals surface area contributed by atoms with Gasteiger partial charge in [0.1, 0.15) is 12.7 Å². The first-order chi connectivity index (χ1) is 11.5. The zero-order chi connectivity index (χ0) is 17.5. The molecule has 2 aromatic carbocycles. The maximum absolute atomic E-state index is 12.0. The van der Waals surface area contributed by atoms with Crippen molar-refractivity contribution in [2.75, 3.05) is 20.3 Å². The average Bonchev–Trinajstić information content (AvgIpc) is 2.58. The maximum Gasteiger partial charge on any atom is 0.252 e. The van der Waals surface area contributed by atoms with Crippen LogP contribution >= 0.6 is 23.2 Å². The first-order valence-corrected chi connectivity index (χ1v) is 7.94. The van der Waals surface area contributed by atoms with E-state index in [0.29, 0.717) is 22.1 Å². The van der Waals surface area contributed by atoms with E-state index < -0.39 is 12.0 Å². The number of rotatable bonds is 7. The van der Waals surface area contributed by atoms with Gasteiger partial charge in [-0.2, -0.15) is 0 Å². The highest BCUT2D eigenvalue weighted by Gasteiger charge is 2.13. The lowest BCUT2D eigenvalue weighted by atomic mass is 10.2. The summed E-state index contributed by atoms with van der Waals surface area (Å²) in [5.41, 5.74) is 0.291. The van der Waals surface area contributed by atoms with Crippen molar-refractivity contribution < 1.29 is 19.4 Å². The predicted molar refractivity (Wildman–Crippen MR) is 93.3 cm³/mol. The molecule has 1 unspecified atom stereocenters. The highest BCUT2D eigenvalue weighted by Crippen LogP contribution is 2.25. The molecule has 2 N–H and O–H groups in total. The molecule has 0 saturated carbocycles. The van der Waals surface area contributed by atoms with E-state index in [1.807, 2.05) is 6.07 Å². The Morgan fingerprint density at radius 1 is 1.21 bits per heavy atom. The van der Waals surface area contributed by atoms with Gasteiger partial charge in [-0.05, 0) is 30.3 Å². The number of aliphatic hydroxyl groups is 1. The van der Waals surface area contributed by atoms with Gasteiger partial charge in [-0.1, -0.05) is 35.3 Å². The fraction of sp³-hybridized carbons (Fsp3) is 0.235. The molecule has 24 heavy (non-hydrogen) atoms. The Bertz CT molecular complexity index is 709. The summed E-state index contributed by atoms with van der Waals surface area (Å²) in [6, 6.07) is 11.7. The number of aliphatic hydroxyl groups excluding tert-OH is 1. The summed E-state index contributed by atoms with van der Waals surface area (Å²) in [6.45, 7) is 0.0297. The number of carbonyl (C=O) groups is 1. The number of benzene rings is 2. The third-order valence-corrected chi connectivity index (χ3v) is 3.72. The number of amides is 1. The van der Waals surface area contributed by atoms with Crippen molar-refractivity contribution in [2.24, 2.45) is 0 Å². The SMILES string of the molecule is COc1ccccc1OCC(O)CNC(=O)c1ccc(Cl)cc1Cl. The second-order valence-corrected chi connectivity index (χ2v) is 5.79. The Hall–Kier alpha value is -1.95. The molecule has 0 aliphatic carbocycles. The molecule has 1 amide bonds. The van der Waals surface area contributed by atoms with Crippen LogP contribution in [0.1, 0.15) is 10.4 Å². The van der Waals surface area contributed by atoms with Crippen LogP contribution < -0.4 is 14.8 Å². The number of carbonyl (C=O) groups excluding carboxylic acids is 1. The molecule has 5 nitrogen and oxygen atoms in total. The van der Waals surface area contributed by atoms with Crippen LogP contribution in [0.15, 0.2) is 42.5 Å².